The first kappa shape index (κ1) is 16.9. The summed E-state index contributed by atoms with van der Waals surface area (Å²) in [6.45, 7) is 6.08. The van der Waals surface area contributed by atoms with Crippen LogP contribution in [0.5, 0.6) is 0 Å². The van der Waals surface area contributed by atoms with Gasteiger partial charge in [0, 0.05) is 6.54 Å². The molecule has 0 aliphatic carbocycles. The molecule has 0 aliphatic heterocycles. The molecule has 20 heavy (non-hydrogen) atoms. The van der Waals surface area contributed by atoms with E-state index in [4.69, 9.17) is 16.7 Å². The lowest BCUT2D eigenvalue weighted by molar-refractivity contribution is 0.0696. The first-order chi connectivity index (χ1) is 9.09. The van der Waals surface area contributed by atoms with Crippen LogP contribution in [0.4, 0.5) is 0 Å². The summed E-state index contributed by atoms with van der Waals surface area (Å²) >= 11 is 5.86. The Balaban J connectivity index is 3.09. The number of sulfonamides is 1. The van der Waals surface area contributed by atoms with E-state index in [0.29, 0.717) is 0 Å². The molecular formula is C13H18ClNO4S. The minimum atomic E-state index is -3.84. The summed E-state index contributed by atoms with van der Waals surface area (Å²) in [5.41, 5.74) is -0.311. The molecule has 0 atom stereocenters. The number of carbonyl (C=O) groups is 1. The Bertz CT molecular complexity index is 611. The number of nitrogens with one attached hydrogen (secondary N) is 1. The summed E-state index contributed by atoms with van der Waals surface area (Å²) < 4.78 is 26.9. The van der Waals surface area contributed by atoms with Crippen molar-refractivity contribution in [2.24, 2.45) is 5.41 Å². The van der Waals surface area contributed by atoms with Crippen molar-refractivity contribution in [1.82, 2.24) is 4.72 Å². The van der Waals surface area contributed by atoms with Crippen molar-refractivity contribution in [3.05, 3.63) is 28.8 Å². The standard InChI is InChI=1S/C13H18ClNO4S/c1-4-13(2,3)8-15-20(18,19)11-7-9(12(16)17)5-6-10(11)14/h5-7,15H,4,8H2,1-3H3,(H,16,17). The molecule has 5 nitrogen and oxygen atoms in total. The van der Waals surface area contributed by atoms with Crippen LogP contribution in [0.1, 0.15) is 37.6 Å². The Hall–Kier alpha value is -1.11. The smallest absolute Gasteiger partial charge is 0.335 e. The van der Waals surface area contributed by atoms with E-state index in [0.717, 1.165) is 12.5 Å². The molecule has 0 radical (unpaired) electrons. The van der Waals surface area contributed by atoms with Gasteiger partial charge in [-0.25, -0.2) is 17.9 Å². The minimum Gasteiger partial charge on any atom is -0.478 e. The van der Waals surface area contributed by atoms with Crippen LogP contribution in [-0.2, 0) is 10.0 Å². The van der Waals surface area contributed by atoms with Gasteiger partial charge in [-0.1, -0.05) is 32.4 Å². The zero-order chi connectivity index (χ0) is 15.6. The summed E-state index contributed by atoms with van der Waals surface area (Å²) in [5, 5.41) is 8.90. The first-order valence-electron chi connectivity index (χ1n) is 6.11. The zero-order valence-electron chi connectivity index (χ0n) is 11.6. The van der Waals surface area contributed by atoms with Gasteiger partial charge >= 0.3 is 5.97 Å². The highest BCUT2D eigenvalue weighted by atomic mass is 35.5. The number of rotatable bonds is 6. The largest absolute Gasteiger partial charge is 0.478 e. The number of aromatic carboxylic acids is 1. The normalized spacial score (nSPS) is 12.4. The summed E-state index contributed by atoms with van der Waals surface area (Å²) in [7, 11) is -3.84. The van der Waals surface area contributed by atoms with E-state index in [9.17, 15) is 13.2 Å². The van der Waals surface area contributed by atoms with Crippen molar-refractivity contribution in [2.45, 2.75) is 32.1 Å². The van der Waals surface area contributed by atoms with E-state index in [1.807, 2.05) is 20.8 Å². The fourth-order valence-electron chi connectivity index (χ4n) is 1.34. The van der Waals surface area contributed by atoms with Gasteiger partial charge in [0.2, 0.25) is 10.0 Å². The summed E-state index contributed by atoms with van der Waals surface area (Å²) in [4.78, 5) is 10.7. The molecule has 0 saturated heterocycles. The molecule has 0 amide bonds. The van der Waals surface area contributed by atoms with Crippen LogP contribution in [0.2, 0.25) is 5.02 Å². The molecule has 1 aromatic carbocycles. The van der Waals surface area contributed by atoms with E-state index in [2.05, 4.69) is 4.72 Å². The predicted octanol–water partition coefficient (Wildman–Crippen LogP) is 2.75. The molecule has 112 valence electrons. The monoisotopic (exact) mass is 319 g/mol. The molecule has 1 aromatic rings. The van der Waals surface area contributed by atoms with Crippen molar-refractivity contribution in [3.63, 3.8) is 0 Å². The number of benzene rings is 1. The number of hydrogen-bond acceptors (Lipinski definition) is 3. The van der Waals surface area contributed by atoms with Gasteiger partial charge in [0.15, 0.2) is 0 Å². The second-order valence-electron chi connectivity index (χ2n) is 5.29. The molecule has 0 heterocycles. The van der Waals surface area contributed by atoms with Gasteiger partial charge in [0.05, 0.1) is 10.6 Å². The Morgan fingerprint density at radius 1 is 1.40 bits per heavy atom. The average molecular weight is 320 g/mol. The fourth-order valence-corrected chi connectivity index (χ4v) is 3.10. The van der Waals surface area contributed by atoms with E-state index in [-0.39, 0.29) is 27.4 Å². The van der Waals surface area contributed by atoms with Gasteiger partial charge in [-0.2, -0.15) is 0 Å². The van der Waals surface area contributed by atoms with Gasteiger partial charge < -0.3 is 5.11 Å². The van der Waals surface area contributed by atoms with Gasteiger partial charge in [-0.05, 0) is 30.0 Å². The van der Waals surface area contributed by atoms with Gasteiger partial charge in [0.25, 0.3) is 0 Å². The number of carboxylic acids is 1. The maximum Gasteiger partial charge on any atom is 0.335 e. The highest BCUT2D eigenvalue weighted by Crippen LogP contribution is 2.24. The highest BCUT2D eigenvalue weighted by molar-refractivity contribution is 7.89. The number of hydrogen-bond donors (Lipinski definition) is 2. The Labute approximate surface area is 124 Å². The lowest BCUT2D eigenvalue weighted by Crippen LogP contribution is -2.33. The van der Waals surface area contributed by atoms with E-state index >= 15 is 0 Å². The molecule has 0 unspecified atom stereocenters. The minimum absolute atomic E-state index is 0.00296. The molecule has 0 saturated carbocycles. The summed E-state index contributed by atoms with van der Waals surface area (Å²) in [6.07, 6.45) is 0.804. The lowest BCUT2D eigenvalue weighted by Gasteiger charge is -2.23. The molecule has 0 aromatic heterocycles. The average Bonchev–Trinajstić information content (AvgIpc) is 2.37. The summed E-state index contributed by atoms with van der Waals surface area (Å²) in [6, 6.07) is 3.59. The second kappa shape index (κ2) is 6.11. The highest BCUT2D eigenvalue weighted by Gasteiger charge is 2.23. The Kier molecular flexibility index (Phi) is 5.18. The third-order valence-corrected chi connectivity index (χ3v) is 5.05. The van der Waals surface area contributed by atoms with Crippen LogP contribution in [-0.4, -0.2) is 26.0 Å². The predicted molar refractivity (Wildman–Crippen MR) is 77.7 cm³/mol. The third-order valence-electron chi connectivity index (χ3n) is 3.17. The Morgan fingerprint density at radius 2 is 2.00 bits per heavy atom. The van der Waals surface area contributed by atoms with Crippen molar-refractivity contribution in [3.8, 4) is 0 Å². The first-order valence-corrected chi connectivity index (χ1v) is 7.98. The van der Waals surface area contributed by atoms with Gasteiger partial charge in [-0.15, -0.1) is 0 Å². The Morgan fingerprint density at radius 3 is 2.50 bits per heavy atom. The maximum atomic E-state index is 12.2. The quantitative estimate of drug-likeness (QED) is 0.844. The van der Waals surface area contributed by atoms with Crippen molar-refractivity contribution < 1.29 is 18.3 Å². The third kappa shape index (κ3) is 4.19. The van der Waals surface area contributed by atoms with Crippen LogP contribution < -0.4 is 4.72 Å². The SMILES string of the molecule is CCC(C)(C)CNS(=O)(=O)c1cc(C(=O)O)ccc1Cl. The fraction of sp³-hybridized carbons (Fsp3) is 0.462. The lowest BCUT2D eigenvalue weighted by atomic mass is 9.91. The van der Waals surface area contributed by atoms with Crippen molar-refractivity contribution >= 4 is 27.6 Å². The zero-order valence-corrected chi connectivity index (χ0v) is 13.2. The van der Waals surface area contributed by atoms with Crippen LogP contribution in [0.3, 0.4) is 0 Å². The molecule has 7 heteroatoms. The molecule has 1 rings (SSSR count). The molecule has 0 bridgehead atoms. The van der Waals surface area contributed by atoms with Crippen LogP contribution in [0.25, 0.3) is 0 Å². The number of carboxylic acid groups (broad SMARTS) is 1. The van der Waals surface area contributed by atoms with E-state index in [1.54, 1.807) is 0 Å². The van der Waals surface area contributed by atoms with Gasteiger partial charge in [0.1, 0.15) is 4.90 Å². The van der Waals surface area contributed by atoms with Crippen molar-refractivity contribution in [2.75, 3.05) is 6.54 Å². The molecule has 0 spiro atoms. The second-order valence-corrected chi connectivity index (χ2v) is 7.44. The van der Waals surface area contributed by atoms with E-state index < -0.39 is 16.0 Å². The van der Waals surface area contributed by atoms with Crippen LogP contribution >= 0.6 is 11.6 Å². The van der Waals surface area contributed by atoms with E-state index in [1.165, 1.54) is 12.1 Å². The van der Waals surface area contributed by atoms with Crippen LogP contribution in [0, 0.1) is 5.41 Å². The molecule has 2 N–H and O–H groups in total. The molecule has 0 fully saturated rings. The molecule has 0 aliphatic rings. The summed E-state index contributed by atoms with van der Waals surface area (Å²) in [5.74, 6) is -1.20. The number of halogens is 1. The maximum absolute atomic E-state index is 12.2. The molecular weight excluding hydrogens is 302 g/mol. The van der Waals surface area contributed by atoms with Gasteiger partial charge in [-0.3, -0.25) is 0 Å². The van der Waals surface area contributed by atoms with Crippen LogP contribution in [0.15, 0.2) is 23.1 Å². The topological polar surface area (TPSA) is 83.5 Å². The van der Waals surface area contributed by atoms with Crippen molar-refractivity contribution in [1.29, 1.82) is 0 Å².